The lowest BCUT2D eigenvalue weighted by Crippen LogP contribution is -2.42. The molecule has 1 saturated heterocycles. The zero-order valence-corrected chi connectivity index (χ0v) is 14.4. The number of carbonyl (C=O) groups excluding carboxylic acids is 3. The average molecular weight is 357 g/mol. The Morgan fingerprint density at radius 1 is 1.08 bits per heavy atom. The van der Waals surface area contributed by atoms with E-state index in [9.17, 15) is 14.4 Å². The second-order valence-corrected chi connectivity index (χ2v) is 6.71. The second kappa shape index (κ2) is 6.52. The molecule has 3 rings (SSSR count). The topological polar surface area (TPSA) is 81.7 Å². The molecule has 1 N–H and O–H groups in total. The number of cyclic esters (lactones) is 2. The largest absolute Gasteiger partial charge is 0.419 e. The van der Waals surface area contributed by atoms with Crippen LogP contribution in [0.5, 0.6) is 0 Å². The summed E-state index contributed by atoms with van der Waals surface area (Å²) in [6, 6.07) is 10.3. The van der Waals surface area contributed by atoms with Gasteiger partial charge in [-0.2, -0.15) is 0 Å². The van der Waals surface area contributed by atoms with Crippen LogP contribution in [-0.4, -0.2) is 23.5 Å². The van der Waals surface area contributed by atoms with Gasteiger partial charge in [0, 0.05) is 31.3 Å². The third-order valence-corrected chi connectivity index (χ3v) is 4.26. The summed E-state index contributed by atoms with van der Waals surface area (Å²) in [5.74, 6) is -2.83. The van der Waals surface area contributed by atoms with Gasteiger partial charge in [-0.25, -0.2) is 9.59 Å². The van der Waals surface area contributed by atoms with Crippen molar-refractivity contribution in [2.75, 3.05) is 5.32 Å². The smallest absolute Gasteiger partial charge is 0.350 e. The first-order valence-corrected chi connectivity index (χ1v) is 8.35. The van der Waals surface area contributed by atoms with Crippen LogP contribution < -0.4 is 5.32 Å². The molecule has 6 nitrogen and oxygen atoms in total. The average Bonchev–Trinajstić information content (AvgIpc) is 3.07. The molecule has 0 aliphatic carbocycles. The van der Waals surface area contributed by atoms with E-state index in [4.69, 9.17) is 9.47 Å². The molecule has 0 spiro atoms. The minimum absolute atomic E-state index is 0.0541. The first-order valence-electron chi connectivity index (χ1n) is 7.47. The summed E-state index contributed by atoms with van der Waals surface area (Å²) in [7, 11) is 0. The van der Waals surface area contributed by atoms with E-state index in [1.54, 1.807) is 30.3 Å². The van der Waals surface area contributed by atoms with E-state index in [1.807, 2.05) is 11.4 Å². The molecular weight excluding hydrogens is 342 g/mol. The Bertz CT molecular complexity index is 828. The van der Waals surface area contributed by atoms with E-state index in [0.29, 0.717) is 16.1 Å². The molecule has 0 atom stereocenters. The summed E-state index contributed by atoms with van der Waals surface area (Å²) in [5, 5.41) is 4.68. The van der Waals surface area contributed by atoms with Gasteiger partial charge in [0.05, 0.1) is 4.88 Å². The third kappa shape index (κ3) is 3.77. The Kier molecular flexibility index (Phi) is 4.41. The number of ketones is 1. The summed E-state index contributed by atoms with van der Waals surface area (Å²) >= 11 is 1.38. The number of rotatable bonds is 4. The number of anilines is 1. The minimum atomic E-state index is -1.27. The highest BCUT2D eigenvalue weighted by Crippen LogP contribution is 2.23. The zero-order chi connectivity index (χ0) is 18.0. The summed E-state index contributed by atoms with van der Waals surface area (Å²) in [4.78, 5) is 36.6. The van der Waals surface area contributed by atoms with Gasteiger partial charge < -0.3 is 14.8 Å². The lowest BCUT2D eigenvalue weighted by atomic mass is 10.1. The molecule has 0 amide bonds. The number of ether oxygens (including phenoxy) is 2. The number of thiophene rings is 1. The molecular formula is C18H15NO5S. The van der Waals surface area contributed by atoms with Gasteiger partial charge in [-0.1, -0.05) is 6.07 Å². The molecule has 0 bridgehead atoms. The van der Waals surface area contributed by atoms with Crippen LogP contribution in [0.4, 0.5) is 5.69 Å². The highest BCUT2D eigenvalue weighted by molar-refractivity contribution is 7.12. The molecule has 128 valence electrons. The predicted molar refractivity (Wildman–Crippen MR) is 92.2 cm³/mol. The number of nitrogens with one attached hydrogen (secondary N) is 1. The Hall–Kier alpha value is -2.93. The van der Waals surface area contributed by atoms with Crippen LogP contribution >= 0.6 is 11.3 Å². The quantitative estimate of drug-likeness (QED) is 0.392. The highest BCUT2D eigenvalue weighted by atomic mass is 32.1. The summed E-state index contributed by atoms with van der Waals surface area (Å²) in [6.45, 7) is 2.96. The summed E-state index contributed by atoms with van der Waals surface area (Å²) in [6.07, 6.45) is 1.23. The van der Waals surface area contributed by atoms with Crippen LogP contribution in [0.25, 0.3) is 0 Å². The van der Waals surface area contributed by atoms with Crippen molar-refractivity contribution in [1.29, 1.82) is 0 Å². The van der Waals surface area contributed by atoms with Crippen molar-refractivity contribution in [2.45, 2.75) is 19.6 Å². The molecule has 2 heterocycles. The maximum atomic E-state index is 12.2. The van der Waals surface area contributed by atoms with Gasteiger partial charge in [0.1, 0.15) is 0 Å². The molecule has 1 aromatic carbocycles. The van der Waals surface area contributed by atoms with Gasteiger partial charge in [-0.3, -0.25) is 4.79 Å². The Morgan fingerprint density at radius 2 is 1.72 bits per heavy atom. The van der Waals surface area contributed by atoms with Gasteiger partial charge >= 0.3 is 11.9 Å². The SMILES string of the molecule is CC1(C)OC(=O)C(=CNc2ccc(C(=O)c3cccs3)cc2)C(=O)O1. The molecule has 2 aromatic rings. The van der Waals surface area contributed by atoms with Crippen LogP contribution in [-0.2, 0) is 19.1 Å². The van der Waals surface area contributed by atoms with Crippen LogP contribution in [0.1, 0.15) is 29.1 Å². The van der Waals surface area contributed by atoms with Crippen LogP contribution in [0.15, 0.2) is 53.6 Å². The van der Waals surface area contributed by atoms with Crippen LogP contribution in [0.2, 0.25) is 0 Å². The lowest BCUT2D eigenvalue weighted by Gasteiger charge is -2.29. The molecule has 1 aromatic heterocycles. The summed E-state index contributed by atoms with van der Waals surface area (Å²) < 4.78 is 10.0. The van der Waals surface area contributed by atoms with E-state index in [2.05, 4.69) is 5.32 Å². The minimum Gasteiger partial charge on any atom is -0.419 e. The Labute approximate surface area is 148 Å². The number of esters is 2. The van der Waals surface area contributed by atoms with Crippen molar-refractivity contribution in [3.63, 3.8) is 0 Å². The molecule has 0 saturated carbocycles. The van der Waals surface area contributed by atoms with Gasteiger partial charge in [-0.15, -0.1) is 11.3 Å². The lowest BCUT2D eigenvalue weighted by molar-refractivity contribution is -0.222. The molecule has 1 aliphatic rings. The number of hydrogen-bond donors (Lipinski definition) is 1. The van der Waals surface area contributed by atoms with E-state index in [1.165, 1.54) is 31.4 Å². The highest BCUT2D eigenvalue weighted by Gasteiger charge is 2.38. The first-order chi connectivity index (χ1) is 11.9. The van der Waals surface area contributed by atoms with E-state index in [0.717, 1.165) is 0 Å². The molecule has 0 unspecified atom stereocenters. The standard InChI is InChI=1S/C18H15NO5S/c1-18(2)23-16(21)13(17(22)24-18)10-19-12-7-5-11(6-8-12)15(20)14-4-3-9-25-14/h3-10,19H,1-2H3. The van der Waals surface area contributed by atoms with E-state index in [-0.39, 0.29) is 11.4 Å². The monoisotopic (exact) mass is 357 g/mol. The van der Waals surface area contributed by atoms with Crippen molar-refractivity contribution in [2.24, 2.45) is 0 Å². The van der Waals surface area contributed by atoms with Gasteiger partial charge in [0.25, 0.3) is 5.79 Å². The Morgan fingerprint density at radius 3 is 2.28 bits per heavy atom. The zero-order valence-electron chi connectivity index (χ0n) is 13.6. The molecule has 1 fully saturated rings. The first kappa shape index (κ1) is 16.9. The van der Waals surface area contributed by atoms with Crippen molar-refractivity contribution in [3.8, 4) is 0 Å². The maximum Gasteiger partial charge on any atom is 0.350 e. The second-order valence-electron chi connectivity index (χ2n) is 5.76. The van der Waals surface area contributed by atoms with Gasteiger partial charge in [0.2, 0.25) is 5.78 Å². The fourth-order valence-electron chi connectivity index (χ4n) is 2.20. The third-order valence-electron chi connectivity index (χ3n) is 3.39. The van der Waals surface area contributed by atoms with Gasteiger partial charge in [-0.05, 0) is 35.7 Å². The van der Waals surface area contributed by atoms with Crippen molar-refractivity contribution in [3.05, 3.63) is 64.0 Å². The predicted octanol–water partition coefficient (Wildman–Crippen LogP) is 3.11. The van der Waals surface area contributed by atoms with E-state index < -0.39 is 17.7 Å². The summed E-state index contributed by atoms with van der Waals surface area (Å²) in [5.41, 5.74) is 0.942. The molecule has 7 heteroatoms. The fourth-order valence-corrected chi connectivity index (χ4v) is 2.89. The van der Waals surface area contributed by atoms with Crippen molar-refractivity contribution in [1.82, 2.24) is 0 Å². The van der Waals surface area contributed by atoms with Crippen LogP contribution in [0.3, 0.4) is 0 Å². The molecule has 0 radical (unpaired) electrons. The van der Waals surface area contributed by atoms with Gasteiger partial charge in [0.15, 0.2) is 5.57 Å². The maximum absolute atomic E-state index is 12.2. The van der Waals surface area contributed by atoms with Crippen LogP contribution in [0, 0.1) is 0 Å². The fraction of sp³-hybridized carbons (Fsp3) is 0.167. The molecule has 25 heavy (non-hydrogen) atoms. The van der Waals surface area contributed by atoms with E-state index >= 15 is 0 Å². The Balaban J connectivity index is 1.71. The normalized spacial score (nSPS) is 16.0. The number of carbonyl (C=O) groups is 3. The number of hydrogen-bond acceptors (Lipinski definition) is 7. The number of benzene rings is 1. The molecule has 1 aliphatic heterocycles. The van der Waals surface area contributed by atoms with Crippen molar-refractivity contribution < 1.29 is 23.9 Å². The van der Waals surface area contributed by atoms with Crippen molar-refractivity contribution >= 4 is 34.7 Å².